The summed E-state index contributed by atoms with van der Waals surface area (Å²) in [6.07, 6.45) is 1.92. The minimum absolute atomic E-state index is 0.175. The number of allylic oxidation sites excluding steroid dienone is 1. The zero-order chi connectivity index (χ0) is 33.4. The fourth-order valence-corrected chi connectivity index (χ4v) is 7.44. The maximum Gasteiger partial charge on any atom is 0.338 e. The molecule has 0 radical (unpaired) electrons. The molecule has 3 aromatic carbocycles. The number of nitrogens with zero attached hydrogens (tertiary/aromatic N) is 3. The summed E-state index contributed by atoms with van der Waals surface area (Å²) in [6.45, 7) is 8.52. The van der Waals surface area contributed by atoms with Crippen LogP contribution in [0, 0.1) is 6.92 Å². The quantitative estimate of drug-likeness (QED) is 0.159. The number of hydrogen-bond donors (Lipinski definition) is 0. The lowest BCUT2D eigenvalue weighted by atomic mass is 9.94. The van der Waals surface area contributed by atoms with Crippen molar-refractivity contribution in [3.8, 4) is 11.5 Å². The van der Waals surface area contributed by atoms with Crippen molar-refractivity contribution in [3.63, 3.8) is 0 Å². The van der Waals surface area contributed by atoms with Crippen LogP contribution in [-0.2, 0) is 16.1 Å². The monoisotopic (exact) mass is 689 g/mol. The van der Waals surface area contributed by atoms with Crippen molar-refractivity contribution in [2.45, 2.75) is 40.3 Å². The van der Waals surface area contributed by atoms with Crippen LogP contribution in [0.15, 0.2) is 81.7 Å². The third-order valence-corrected chi connectivity index (χ3v) is 9.93. The molecule has 0 N–H and O–H groups in total. The Morgan fingerprint density at radius 3 is 2.53 bits per heavy atom. The van der Waals surface area contributed by atoms with Gasteiger partial charge in [0.25, 0.3) is 5.56 Å². The number of carbonyl (C=O) groups is 1. The average molecular weight is 691 g/mol. The van der Waals surface area contributed by atoms with Gasteiger partial charge in [0.05, 0.1) is 46.2 Å². The summed E-state index contributed by atoms with van der Waals surface area (Å²) < 4.78 is 21.4. The highest BCUT2D eigenvalue weighted by Gasteiger charge is 2.36. The van der Waals surface area contributed by atoms with Crippen molar-refractivity contribution < 1.29 is 19.0 Å². The van der Waals surface area contributed by atoms with Crippen LogP contribution in [0.25, 0.3) is 17.0 Å². The molecule has 0 fully saturated rings. The van der Waals surface area contributed by atoms with Gasteiger partial charge in [-0.25, -0.2) is 9.79 Å². The van der Waals surface area contributed by atoms with Crippen LogP contribution in [0.3, 0.4) is 0 Å². The van der Waals surface area contributed by atoms with E-state index in [-0.39, 0.29) is 17.7 Å². The van der Waals surface area contributed by atoms with Crippen molar-refractivity contribution in [2.24, 2.45) is 4.99 Å². The number of thiazole rings is 1. The molecule has 5 aromatic rings. The number of methoxy groups -OCH3 is 1. The van der Waals surface area contributed by atoms with Gasteiger partial charge in [-0.3, -0.25) is 9.36 Å². The molecule has 0 spiro atoms. The smallest absolute Gasteiger partial charge is 0.338 e. The molecule has 3 heterocycles. The van der Waals surface area contributed by atoms with E-state index < -0.39 is 12.0 Å². The van der Waals surface area contributed by atoms with Crippen LogP contribution >= 0.6 is 34.5 Å². The zero-order valence-electron chi connectivity index (χ0n) is 26.6. The molecule has 1 aliphatic rings. The molecular formula is C36H33Cl2N3O5S. The van der Waals surface area contributed by atoms with Gasteiger partial charge in [0.1, 0.15) is 6.04 Å². The van der Waals surface area contributed by atoms with Crippen LogP contribution < -0.4 is 24.4 Å². The average Bonchev–Trinajstić information content (AvgIpc) is 3.50. The standard InChI is InChI=1S/C36H33Cl2N3O5S/c1-6-45-33-24(12-10-14-29(33)44-5)32-31(35(43)46-7-2)20(3)39-36-41(32)34(42)30(47-36)18-25-21(4)40(28-13-9-8-11-23(25)28)19-22-15-16-26(37)27(38)17-22/h8-18,32H,6-7,19H2,1-5H3/b30-18+/t32-/m1/s1. The molecule has 0 unspecified atom stereocenters. The number of benzene rings is 3. The first-order valence-corrected chi connectivity index (χ1v) is 16.8. The predicted molar refractivity (Wildman–Crippen MR) is 187 cm³/mol. The largest absolute Gasteiger partial charge is 0.493 e. The summed E-state index contributed by atoms with van der Waals surface area (Å²) >= 11 is 13.8. The number of aromatic nitrogens is 2. The number of halogens is 2. The first kappa shape index (κ1) is 32.6. The summed E-state index contributed by atoms with van der Waals surface area (Å²) in [7, 11) is 1.56. The van der Waals surface area contributed by atoms with Crippen molar-refractivity contribution in [3.05, 3.63) is 124 Å². The lowest BCUT2D eigenvalue weighted by Gasteiger charge is -2.26. The Labute approximate surface area is 285 Å². The normalized spacial score (nSPS) is 14.7. The third-order valence-electron chi connectivity index (χ3n) is 8.21. The molecule has 0 saturated carbocycles. The van der Waals surface area contributed by atoms with E-state index in [1.807, 2.05) is 62.4 Å². The molecule has 8 nitrogen and oxygen atoms in total. The third kappa shape index (κ3) is 5.88. The Hall–Kier alpha value is -4.31. The van der Waals surface area contributed by atoms with E-state index in [1.165, 1.54) is 11.3 Å². The first-order valence-electron chi connectivity index (χ1n) is 15.2. The van der Waals surface area contributed by atoms with Crippen molar-refractivity contribution in [2.75, 3.05) is 20.3 Å². The van der Waals surface area contributed by atoms with E-state index in [9.17, 15) is 9.59 Å². The summed E-state index contributed by atoms with van der Waals surface area (Å²) in [4.78, 5) is 33.2. The van der Waals surface area contributed by atoms with Crippen molar-refractivity contribution >= 4 is 57.5 Å². The first-order chi connectivity index (χ1) is 22.7. The van der Waals surface area contributed by atoms with Gasteiger partial charge < -0.3 is 18.8 Å². The second kappa shape index (κ2) is 13.4. The minimum Gasteiger partial charge on any atom is -0.493 e. The Morgan fingerprint density at radius 2 is 1.81 bits per heavy atom. The van der Waals surface area contributed by atoms with Crippen LogP contribution in [0.4, 0.5) is 0 Å². The van der Waals surface area contributed by atoms with E-state index in [2.05, 4.69) is 10.6 Å². The van der Waals surface area contributed by atoms with Gasteiger partial charge in [-0.1, -0.05) is 70.9 Å². The van der Waals surface area contributed by atoms with E-state index >= 15 is 0 Å². The van der Waals surface area contributed by atoms with E-state index in [0.717, 1.165) is 27.7 Å². The molecule has 47 heavy (non-hydrogen) atoms. The molecule has 6 rings (SSSR count). The molecule has 242 valence electrons. The highest BCUT2D eigenvalue weighted by Crippen LogP contribution is 2.41. The summed E-state index contributed by atoms with van der Waals surface area (Å²) in [5.41, 5.74) is 4.99. The highest BCUT2D eigenvalue weighted by molar-refractivity contribution is 7.07. The number of fused-ring (bicyclic) bond motifs is 2. The highest BCUT2D eigenvalue weighted by atomic mass is 35.5. The molecule has 2 aromatic heterocycles. The lowest BCUT2D eigenvalue weighted by molar-refractivity contribution is -0.139. The molecular weight excluding hydrogens is 657 g/mol. The molecule has 11 heteroatoms. The predicted octanol–water partition coefficient (Wildman–Crippen LogP) is 6.82. The summed E-state index contributed by atoms with van der Waals surface area (Å²) in [5.74, 6) is 0.407. The van der Waals surface area contributed by atoms with Crippen molar-refractivity contribution in [1.82, 2.24) is 9.13 Å². The molecule has 0 aliphatic carbocycles. The summed E-state index contributed by atoms with van der Waals surface area (Å²) in [5, 5.41) is 2.00. The Balaban J connectivity index is 1.57. The molecule has 0 amide bonds. The van der Waals surface area contributed by atoms with Gasteiger partial charge in [0.15, 0.2) is 16.3 Å². The van der Waals surface area contributed by atoms with E-state index in [0.29, 0.717) is 55.3 Å². The number of hydrogen-bond acceptors (Lipinski definition) is 7. The summed E-state index contributed by atoms with van der Waals surface area (Å²) in [6, 6.07) is 18.3. The maximum atomic E-state index is 14.5. The van der Waals surface area contributed by atoms with Gasteiger partial charge >= 0.3 is 5.97 Å². The van der Waals surface area contributed by atoms with Gasteiger partial charge in [-0.15, -0.1) is 0 Å². The van der Waals surface area contributed by atoms with Gasteiger partial charge in [0, 0.05) is 34.3 Å². The zero-order valence-corrected chi connectivity index (χ0v) is 28.9. The lowest BCUT2D eigenvalue weighted by Crippen LogP contribution is -2.40. The molecule has 0 bridgehead atoms. The molecule has 1 atom stereocenters. The van der Waals surface area contributed by atoms with Crippen LogP contribution in [0.5, 0.6) is 11.5 Å². The molecule has 1 aliphatic heterocycles. The number of carbonyl (C=O) groups excluding carboxylic acids is 1. The fraction of sp³-hybridized carbons (Fsp3) is 0.250. The van der Waals surface area contributed by atoms with Crippen LogP contribution in [-0.4, -0.2) is 35.4 Å². The topological polar surface area (TPSA) is 84.1 Å². The number of esters is 1. The maximum absolute atomic E-state index is 14.5. The Bertz CT molecular complexity index is 2250. The van der Waals surface area contributed by atoms with E-state index in [4.69, 9.17) is 42.4 Å². The second-order valence-corrected chi connectivity index (χ2v) is 12.8. The number of ether oxygens (including phenoxy) is 3. The van der Waals surface area contributed by atoms with Crippen LogP contribution in [0.1, 0.15) is 49.2 Å². The SMILES string of the molecule is CCOC(=O)C1=C(C)N=c2s/c(=C/c3c(C)n(Cc4ccc(Cl)c(Cl)c4)c4ccccc34)c(=O)n2[C@@H]1c1cccc(OC)c1OCC. The Kier molecular flexibility index (Phi) is 9.32. The van der Waals surface area contributed by atoms with Gasteiger partial charge in [-0.2, -0.15) is 0 Å². The minimum atomic E-state index is -0.846. The van der Waals surface area contributed by atoms with Crippen LogP contribution in [0.2, 0.25) is 10.0 Å². The second-order valence-electron chi connectivity index (χ2n) is 11.0. The fourth-order valence-electron chi connectivity index (χ4n) is 6.09. The van der Waals surface area contributed by atoms with Gasteiger partial charge in [-0.05, 0) is 63.6 Å². The number of rotatable bonds is 9. The van der Waals surface area contributed by atoms with Crippen molar-refractivity contribution in [1.29, 1.82) is 0 Å². The Morgan fingerprint density at radius 1 is 1.02 bits per heavy atom. The van der Waals surface area contributed by atoms with E-state index in [1.54, 1.807) is 37.7 Å². The number of para-hydroxylation sites is 2. The molecule has 0 saturated heterocycles. The van der Waals surface area contributed by atoms with Gasteiger partial charge in [0.2, 0.25) is 0 Å².